The monoisotopic (exact) mass is 591 g/mol. The zero-order chi connectivity index (χ0) is 30.9. The Bertz CT molecular complexity index is 1490. The molecular formula is C38H41NO5. The highest BCUT2D eigenvalue weighted by molar-refractivity contribution is 6.32. The van der Waals surface area contributed by atoms with Gasteiger partial charge in [0.15, 0.2) is 11.6 Å². The number of allylic oxidation sites excluding steroid dienone is 2. The molecule has 5 rings (SSSR count). The molecule has 0 atom stereocenters. The lowest BCUT2D eigenvalue weighted by Gasteiger charge is -2.22. The predicted octanol–water partition coefficient (Wildman–Crippen LogP) is 8.14. The largest absolute Gasteiger partial charge is 0.481 e. The van der Waals surface area contributed by atoms with Crippen molar-refractivity contribution in [3.05, 3.63) is 112 Å². The summed E-state index contributed by atoms with van der Waals surface area (Å²) in [5.74, 6) is -0.863. The summed E-state index contributed by atoms with van der Waals surface area (Å²) in [6.07, 6.45) is 13.5. The average molecular weight is 592 g/mol. The fourth-order valence-electron chi connectivity index (χ4n) is 6.53. The SMILES string of the molecule is O=C(O)CCNC(=O)c1ccc(C(=O)C(=CC(=O)c2ccc(C3CCCCC3)cc2)c2ccc(C3CCCCC3)cc2)cc1. The molecule has 3 aromatic carbocycles. The van der Waals surface area contributed by atoms with Gasteiger partial charge in [0.05, 0.1) is 6.42 Å². The molecule has 0 spiro atoms. The molecule has 0 bridgehead atoms. The quantitative estimate of drug-likeness (QED) is 0.173. The number of carbonyl (C=O) groups is 4. The van der Waals surface area contributed by atoms with Crippen LogP contribution >= 0.6 is 0 Å². The molecule has 0 heterocycles. The summed E-state index contributed by atoms with van der Waals surface area (Å²) >= 11 is 0. The van der Waals surface area contributed by atoms with Gasteiger partial charge in [-0.3, -0.25) is 19.2 Å². The molecule has 0 radical (unpaired) electrons. The Balaban J connectivity index is 1.39. The number of carbonyl (C=O) groups excluding carboxylic acids is 3. The standard InChI is InChI=1S/C38H41NO5/c40-35(31-17-13-29(14-18-31)27-9-5-2-6-10-27)25-34(30-15-11-28(12-16-30)26-7-3-1-4-8-26)37(43)32-19-21-33(22-20-32)38(44)39-24-23-36(41)42/h11-22,25-27H,1-10,23-24H2,(H,39,44)(H,41,42). The van der Waals surface area contributed by atoms with E-state index in [1.54, 1.807) is 24.3 Å². The van der Waals surface area contributed by atoms with Crippen LogP contribution in [0.5, 0.6) is 0 Å². The third kappa shape index (κ3) is 7.98. The molecule has 1 amide bonds. The number of hydrogen-bond donors (Lipinski definition) is 2. The van der Waals surface area contributed by atoms with E-state index in [-0.39, 0.29) is 24.5 Å². The molecule has 0 saturated heterocycles. The van der Waals surface area contributed by atoms with Crippen LogP contribution in [-0.2, 0) is 4.79 Å². The van der Waals surface area contributed by atoms with Crippen molar-refractivity contribution in [3.63, 3.8) is 0 Å². The average Bonchev–Trinajstić information content (AvgIpc) is 3.07. The topological polar surface area (TPSA) is 101 Å². The smallest absolute Gasteiger partial charge is 0.305 e. The minimum Gasteiger partial charge on any atom is -0.481 e. The number of carboxylic acids is 1. The second-order valence-electron chi connectivity index (χ2n) is 12.1. The van der Waals surface area contributed by atoms with Crippen LogP contribution < -0.4 is 5.32 Å². The van der Waals surface area contributed by atoms with Gasteiger partial charge in [-0.15, -0.1) is 0 Å². The fourth-order valence-corrected chi connectivity index (χ4v) is 6.53. The van der Waals surface area contributed by atoms with Crippen molar-refractivity contribution in [2.75, 3.05) is 6.54 Å². The summed E-state index contributed by atoms with van der Waals surface area (Å²) in [6.45, 7) is 0.0162. The first-order valence-corrected chi connectivity index (χ1v) is 16.0. The summed E-state index contributed by atoms with van der Waals surface area (Å²) in [6, 6.07) is 22.1. The Morgan fingerprint density at radius 1 is 0.614 bits per heavy atom. The second kappa shape index (κ2) is 14.9. The lowest BCUT2D eigenvalue weighted by atomic mass is 9.83. The summed E-state index contributed by atoms with van der Waals surface area (Å²) in [4.78, 5) is 50.6. The Labute approximate surface area is 259 Å². The molecule has 2 N–H and O–H groups in total. The summed E-state index contributed by atoms with van der Waals surface area (Å²) < 4.78 is 0. The van der Waals surface area contributed by atoms with Gasteiger partial charge in [-0.25, -0.2) is 0 Å². The van der Waals surface area contributed by atoms with Crippen LogP contribution in [0, 0.1) is 0 Å². The van der Waals surface area contributed by atoms with Crippen LogP contribution in [0.3, 0.4) is 0 Å². The van der Waals surface area contributed by atoms with E-state index in [0.29, 0.717) is 39.7 Å². The number of hydrogen-bond acceptors (Lipinski definition) is 4. The zero-order valence-corrected chi connectivity index (χ0v) is 25.2. The minimum atomic E-state index is -0.993. The number of amides is 1. The van der Waals surface area contributed by atoms with E-state index in [1.807, 2.05) is 24.3 Å². The molecule has 44 heavy (non-hydrogen) atoms. The molecule has 6 nitrogen and oxygen atoms in total. The van der Waals surface area contributed by atoms with Gasteiger partial charge in [-0.05, 0) is 72.4 Å². The maximum absolute atomic E-state index is 13.9. The van der Waals surface area contributed by atoms with Gasteiger partial charge < -0.3 is 10.4 Å². The van der Waals surface area contributed by atoms with Gasteiger partial charge in [0, 0.05) is 28.8 Å². The minimum absolute atomic E-state index is 0.0162. The van der Waals surface area contributed by atoms with Crippen LogP contribution in [0.25, 0.3) is 5.57 Å². The van der Waals surface area contributed by atoms with Crippen LogP contribution in [-0.4, -0.2) is 35.1 Å². The van der Waals surface area contributed by atoms with Gasteiger partial charge in [-0.2, -0.15) is 0 Å². The Hall–Kier alpha value is -4.32. The van der Waals surface area contributed by atoms with Gasteiger partial charge >= 0.3 is 5.97 Å². The first-order valence-electron chi connectivity index (χ1n) is 16.0. The van der Waals surface area contributed by atoms with E-state index in [4.69, 9.17) is 5.11 Å². The van der Waals surface area contributed by atoms with Crippen molar-refractivity contribution in [2.45, 2.75) is 82.5 Å². The fraction of sp³-hybridized carbons (Fsp3) is 0.368. The normalized spacial score (nSPS) is 16.3. The number of benzene rings is 3. The predicted molar refractivity (Wildman–Crippen MR) is 172 cm³/mol. The van der Waals surface area contributed by atoms with E-state index < -0.39 is 11.9 Å². The highest BCUT2D eigenvalue weighted by atomic mass is 16.4. The number of aliphatic carboxylic acids is 1. The van der Waals surface area contributed by atoms with Crippen molar-refractivity contribution < 1.29 is 24.3 Å². The first-order chi connectivity index (χ1) is 21.4. The lowest BCUT2D eigenvalue weighted by Crippen LogP contribution is -2.26. The van der Waals surface area contributed by atoms with Crippen molar-refractivity contribution in [2.24, 2.45) is 0 Å². The van der Waals surface area contributed by atoms with Crippen molar-refractivity contribution in [1.82, 2.24) is 5.32 Å². The molecule has 0 aromatic heterocycles. The number of nitrogens with one attached hydrogen (secondary N) is 1. The van der Waals surface area contributed by atoms with Crippen LogP contribution in [0.15, 0.2) is 78.9 Å². The van der Waals surface area contributed by atoms with E-state index in [1.165, 1.54) is 81.4 Å². The van der Waals surface area contributed by atoms with Crippen molar-refractivity contribution in [3.8, 4) is 0 Å². The Kier molecular flexibility index (Phi) is 10.5. The molecule has 2 aliphatic carbocycles. The third-order valence-corrected chi connectivity index (χ3v) is 9.12. The van der Waals surface area contributed by atoms with E-state index in [0.717, 1.165) is 0 Å². The zero-order valence-electron chi connectivity index (χ0n) is 25.2. The second-order valence-corrected chi connectivity index (χ2v) is 12.1. The highest BCUT2D eigenvalue weighted by Gasteiger charge is 2.21. The number of Topliss-reactive ketones (excluding diaryl/α,β-unsaturated/α-hetero) is 1. The molecule has 6 heteroatoms. The maximum atomic E-state index is 13.9. The molecule has 2 saturated carbocycles. The molecule has 2 fully saturated rings. The Morgan fingerprint density at radius 2 is 1.07 bits per heavy atom. The molecule has 2 aliphatic rings. The van der Waals surface area contributed by atoms with Crippen molar-refractivity contribution >= 4 is 29.0 Å². The summed E-state index contributed by atoms with van der Waals surface area (Å²) in [5.41, 5.74) is 4.74. The highest BCUT2D eigenvalue weighted by Crippen LogP contribution is 2.34. The van der Waals surface area contributed by atoms with Gasteiger partial charge in [0.1, 0.15) is 0 Å². The third-order valence-electron chi connectivity index (χ3n) is 9.12. The molecular weight excluding hydrogens is 550 g/mol. The number of ketones is 2. The molecule has 0 unspecified atom stereocenters. The number of rotatable bonds is 11. The molecule has 0 aliphatic heterocycles. The van der Waals surface area contributed by atoms with Crippen molar-refractivity contribution in [1.29, 1.82) is 0 Å². The summed E-state index contributed by atoms with van der Waals surface area (Å²) in [7, 11) is 0. The van der Waals surface area contributed by atoms with E-state index in [2.05, 4.69) is 29.6 Å². The van der Waals surface area contributed by atoms with E-state index >= 15 is 0 Å². The Morgan fingerprint density at radius 3 is 1.57 bits per heavy atom. The van der Waals surface area contributed by atoms with Crippen LogP contribution in [0.1, 0.15) is 130 Å². The molecule has 3 aromatic rings. The van der Waals surface area contributed by atoms with E-state index in [9.17, 15) is 19.2 Å². The first kappa shape index (κ1) is 31.1. The van der Waals surface area contributed by atoms with Crippen LogP contribution in [0.2, 0.25) is 0 Å². The summed E-state index contributed by atoms with van der Waals surface area (Å²) in [5, 5.41) is 11.4. The number of carboxylic acid groups (broad SMARTS) is 1. The lowest BCUT2D eigenvalue weighted by molar-refractivity contribution is -0.136. The molecule has 228 valence electrons. The maximum Gasteiger partial charge on any atom is 0.305 e. The van der Waals surface area contributed by atoms with Gasteiger partial charge in [0.2, 0.25) is 0 Å². The van der Waals surface area contributed by atoms with Gasteiger partial charge in [-0.1, -0.05) is 99.2 Å². The van der Waals surface area contributed by atoms with Crippen LogP contribution in [0.4, 0.5) is 0 Å². The van der Waals surface area contributed by atoms with Gasteiger partial charge in [0.25, 0.3) is 5.91 Å².